The van der Waals surface area contributed by atoms with Crippen molar-refractivity contribution in [3.05, 3.63) is 24.3 Å². The summed E-state index contributed by atoms with van der Waals surface area (Å²) in [7, 11) is 1.60. The van der Waals surface area contributed by atoms with E-state index in [0.717, 1.165) is 31.7 Å². The molecule has 3 rings (SSSR count). The quantitative estimate of drug-likeness (QED) is 0.869. The fourth-order valence-electron chi connectivity index (χ4n) is 3.26. The van der Waals surface area contributed by atoms with E-state index in [0.29, 0.717) is 24.4 Å². The van der Waals surface area contributed by atoms with Gasteiger partial charge in [0.2, 0.25) is 11.8 Å². The molecule has 1 aromatic carbocycles. The van der Waals surface area contributed by atoms with Crippen molar-refractivity contribution in [2.75, 3.05) is 25.5 Å². The highest BCUT2D eigenvalue weighted by molar-refractivity contribution is 6.13. The van der Waals surface area contributed by atoms with Gasteiger partial charge in [0.05, 0.1) is 7.11 Å². The van der Waals surface area contributed by atoms with Gasteiger partial charge >= 0.3 is 0 Å². The Labute approximate surface area is 137 Å². The molecule has 1 aromatic rings. The van der Waals surface area contributed by atoms with E-state index in [2.05, 4.69) is 12.2 Å². The Hall–Kier alpha value is -2.04. The zero-order valence-electron chi connectivity index (χ0n) is 13.8. The van der Waals surface area contributed by atoms with E-state index in [9.17, 15) is 9.59 Å². The zero-order chi connectivity index (χ0) is 16.4. The van der Waals surface area contributed by atoms with Crippen molar-refractivity contribution in [2.24, 2.45) is 11.3 Å². The molecule has 1 saturated heterocycles. The van der Waals surface area contributed by atoms with Gasteiger partial charge in [0, 0.05) is 18.8 Å². The number of nitrogens with zero attached hydrogens (tertiary/aromatic N) is 1. The number of hydrogen-bond acceptors (Lipinski definition) is 3. The maximum atomic E-state index is 12.8. The van der Waals surface area contributed by atoms with E-state index >= 15 is 0 Å². The molecule has 1 aliphatic heterocycles. The maximum absolute atomic E-state index is 12.8. The number of hydrogen-bond donors (Lipinski definition) is 1. The van der Waals surface area contributed by atoms with Crippen LogP contribution in [0.15, 0.2) is 24.3 Å². The molecule has 0 radical (unpaired) electrons. The molecule has 1 heterocycles. The number of amides is 2. The lowest BCUT2D eigenvalue weighted by atomic mass is 9.96. The highest BCUT2D eigenvalue weighted by Crippen LogP contribution is 2.48. The summed E-state index contributed by atoms with van der Waals surface area (Å²) in [5.41, 5.74) is -0.140. The highest BCUT2D eigenvalue weighted by atomic mass is 16.5. The van der Waals surface area contributed by atoms with Crippen molar-refractivity contribution >= 4 is 17.5 Å². The fraction of sp³-hybridized carbons (Fsp3) is 0.556. The Morgan fingerprint density at radius 2 is 1.96 bits per heavy atom. The first-order chi connectivity index (χ1) is 11.0. The lowest BCUT2D eigenvalue weighted by Gasteiger charge is -2.33. The number of carbonyl (C=O) groups excluding carboxylic acids is 2. The smallest absolute Gasteiger partial charge is 0.240 e. The molecule has 2 aliphatic rings. The van der Waals surface area contributed by atoms with Gasteiger partial charge in [-0.05, 0) is 55.9 Å². The van der Waals surface area contributed by atoms with Crippen molar-refractivity contribution < 1.29 is 14.3 Å². The van der Waals surface area contributed by atoms with Gasteiger partial charge in [0.25, 0.3) is 0 Å². The molecule has 2 amide bonds. The van der Waals surface area contributed by atoms with Crippen LogP contribution >= 0.6 is 0 Å². The van der Waals surface area contributed by atoms with Crippen LogP contribution in [0, 0.1) is 11.3 Å². The number of benzene rings is 1. The molecule has 0 spiro atoms. The molecule has 1 atom stereocenters. The summed E-state index contributed by atoms with van der Waals surface area (Å²) in [6.45, 7) is 3.72. The third-order valence-electron chi connectivity index (χ3n) is 4.89. The second kappa shape index (κ2) is 6.22. The standard InChI is InChI=1S/C18H24N2O3/c1-13-4-3-11-20(12-13)17(22)18(9-10-18)16(21)19-14-5-7-15(23-2)8-6-14/h5-8,13H,3-4,9-12H2,1-2H3,(H,19,21). The molecule has 5 heteroatoms. The van der Waals surface area contributed by atoms with Crippen LogP contribution in [0.1, 0.15) is 32.6 Å². The summed E-state index contributed by atoms with van der Waals surface area (Å²) in [5.74, 6) is 1.09. The summed E-state index contributed by atoms with van der Waals surface area (Å²) in [6, 6.07) is 7.17. The Morgan fingerprint density at radius 1 is 1.26 bits per heavy atom. The highest BCUT2D eigenvalue weighted by Gasteiger charge is 2.58. The van der Waals surface area contributed by atoms with E-state index in [1.807, 2.05) is 4.90 Å². The first-order valence-corrected chi connectivity index (χ1v) is 8.30. The van der Waals surface area contributed by atoms with Crippen molar-refractivity contribution in [1.82, 2.24) is 4.90 Å². The average molecular weight is 316 g/mol. The van der Waals surface area contributed by atoms with Gasteiger partial charge in [0.15, 0.2) is 0 Å². The first kappa shape index (κ1) is 15.8. The second-order valence-corrected chi connectivity index (χ2v) is 6.76. The molecular formula is C18H24N2O3. The minimum atomic E-state index is -0.836. The minimum Gasteiger partial charge on any atom is -0.497 e. The van der Waals surface area contributed by atoms with Crippen LogP contribution < -0.4 is 10.1 Å². The lowest BCUT2D eigenvalue weighted by molar-refractivity contribution is -0.143. The molecule has 0 aromatic heterocycles. The van der Waals surface area contributed by atoms with Crippen molar-refractivity contribution in [3.8, 4) is 5.75 Å². The molecule has 0 bridgehead atoms. The number of nitrogens with one attached hydrogen (secondary N) is 1. The number of piperidine rings is 1. The van der Waals surface area contributed by atoms with Gasteiger partial charge in [0.1, 0.15) is 11.2 Å². The molecule has 1 saturated carbocycles. The summed E-state index contributed by atoms with van der Waals surface area (Å²) >= 11 is 0. The zero-order valence-corrected chi connectivity index (χ0v) is 13.8. The third-order valence-corrected chi connectivity index (χ3v) is 4.89. The minimum absolute atomic E-state index is 0.00932. The molecule has 124 valence electrons. The van der Waals surface area contributed by atoms with Crippen LogP contribution in [0.5, 0.6) is 5.75 Å². The van der Waals surface area contributed by atoms with Gasteiger partial charge in [-0.15, -0.1) is 0 Å². The SMILES string of the molecule is COc1ccc(NC(=O)C2(C(=O)N3CCCC(C)C3)CC2)cc1. The van der Waals surface area contributed by atoms with Gasteiger partial charge in [-0.2, -0.15) is 0 Å². The van der Waals surface area contributed by atoms with Crippen LogP contribution in [0.2, 0.25) is 0 Å². The van der Waals surface area contributed by atoms with E-state index in [-0.39, 0.29) is 11.8 Å². The maximum Gasteiger partial charge on any atom is 0.240 e. The molecule has 1 aliphatic carbocycles. The fourth-order valence-corrected chi connectivity index (χ4v) is 3.26. The number of anilines is 1. The van der Waals surface area contributed by atoms with Crippen LogP contribution in [-0.2, 0) is 9.59 Å². The molecule has 1 N–H and O–H groups in total. The van der Waals surface area contributed by atoms with Crippen LogP contribution in [0.25, 0.3) is 0 Å². The largest absolute Gasteiger partial charge is 0.497 e. The van der Waals surface area contributed by atoms with Crippen molar-refractivity contribution in [1.29, 1.82) is 0 Å². The molecule has 23 heavy (non-hydrogen) atoms. The van der Waals surface area contributed by atoms with E-state index < -0.39 is 5.41 Å². The van der Waals surface area contributed by atoms with Crippen molar-refractivity contribution in [3.63, 3.8) is 0 Å². The molecular weight excluding hydrogens is 292 g/mol. The topological polar surface area (TPSA) is 58.6 Å². The van der Waals surface area contributed by atoms with Gasteiger partial charge in [-0.1, -0.05) is 6.92 Å². The van der Waals surface area contributed by atoms with Crippen LogP contribution in [-0.4, -0.2) is 36.9 Å². The van der Waals surface area contributed by atoms with Gasteiger partial charge in [-0.25, -0.2) is 0 Å². The molecule has 1 unspecified atom stereocenters. The number of ether oxygens (including phenoxy) is 1. The normalized spacial score (nSPS) is 22.3. The Balaban J connectivity index is 1.66. The number of carbonyl (C=O) groups is 2. The molecule has 5 nitrogen and oxygen atoms in total. The van der Waals surface area contributed by atoms with Crippen molar-refractivity contribution in [2.45, 2.75) is 32.6 Å². The third kappa shape index (κ3) is 3.19. The number of methoxy groups -OCH3 is 1. The summed E-state index contributed by atoms with van der Waals surface area (Å²) < 4.78 is 5.11. The second-order valence-electron chi connectivity index (χ2n) is 6.76. The lowest BCUT2D eigenvalue weighted by Crippen LogP contribution is -2.46. The van der Waals surface area contributed by atoms with Crippen LogP contribution in [0.4, 0.5) is 5.69 Å². The monoisotopic (exact) mass is 316 g/mol. The predicted molar refractivity (Wildman–Crippen MR) is 88.3 cm³/mol. The number of likely N-dealkylation sites (tertiary alicyclic amines) is 1. The van der Waals surface area contributed by atoms with E-state index in [1.54, 1.807) is 31.4 Å². The van der Waals surface area contributed by atoms with Crippen LogP contribution in [0.3, 0.4) is 0 Å². The Kier molecular flexibility index (Phi) is 4.28. The van der Waals surface area contributed by atoms with E-state index in [4.69, 9.17) is 4.74 Å². The number of rotatable bonds is 4. The first-order valence-electron chi connectivity index (χ1n) is 8.30. The predicted octanol–water partition coefficient (Wildman–Crippen LogP) is 2.67. The Morgan fingerprint density at radius 3 is 2.52 bits per heavy atom. The van der Waals surface area contributed by atoms with Gasteiger partial charge in [-0.3, -0.25) is 9.59 Å². The summed E-state index contributed by atoms with van der Waals surface area (Å²) in [5, 5.41) is 2.89. The average Bonchev–Trinajstić information content (AvgIpc) is 3.37. The summed E-state index contributed by atoms with van der Waals surface area (Å²) in [4.78, 5) is 27.3. The molecule has 2 fully saturated rings. The van der Waals surface area contributed by atoms with E-state index in [1.165, 1.54) is 0 Å². The van der Waals surface area contributed by atoms with Gasteiger partial charge < -0.3 is 15.0 Å². The Bertz CT molecular complexity index is 593. The summed E-state index contributed by atoms with van der Waals surface area (Å²) in [6.07, 6.45) is 3.50.